The number of likely N-dealkylation sites (N-methyl/N-ethyl adjacent to an activating group) is 1. The molecule has 1 amide bonds. The number of nitrogens with zero attached hydrogens (tertiary/aromatic N) is 3. The highest BCUT2D eigenvalue weighted by molar-refractivity contribution is 7.89. The number of halogens is 1. The normalized spacial score (nSPS) is 23.2. The first-order valence-electron chi connectivity index (χ1n) is 9.06. The second-order valence-corrected chi connectivity index (χ2v) is 9.69. The number of hydrogen-bond acceptors (Lipinski definition) is 4. The number of piperidine rings is 1. The molecule has 2 aliphatic rings. The van der Waals surface area contributed by atoms with Gasteiger partial charge >= 0.3 is 0 Å². The SMILES string of the molecule is C[C@@H]1CCCN(C(=O)c2cc(S(=O)(=O)N3CCN(C)CC3)ccc2Cl)C1. The standard InChI is InChI=1S/C18H26ClN3O3S/c1-14-4-3-7-21(13-14)18(23)16-12-15(5-6-17(16)19)26(24,25)22-10-8-20(2)9-11-22/h5-6,12,14H,3-4,7-11,13H2,1-2H3/t14-/m1/s1. The van der Waals surface area contributed by atoms with Crippen molar-refractivity contribution in [3.05, 3.63) is 28.8 Å². The van der Waals surface area contributed by atoms with Gasteiger partial charge in [-0.15, -0.1) is 0 Å². The highest BCUT2D eigenvalue weighted by Gasteiger charge is 2.30. The number of carbonyl (C=O) groups excluding carboxylic acids is 1. The van der Waals surface area contributed by atoms with Crippen molar-refractivity contribution in [1.82, 2.24) is 14.1 Å². The third-order valence-corrected chi connectivity index (χ3v) is 7.44. The Morgan fingerprint density at radius 3 is 2.50 bits per heavy atom. The van der Waals surface area contributed by atoms with Gasteiger partial charge in [0.1, 0.15) is 0 Å². The van der Waals surface area contributed by atoms with Crippen LogP contribution >= 0.6 is 11.6 Å². The average molecular weight is 400 g/mol. The number of sulfonamides is 1. The second-order valence-electron chi connectivity index (χ2n) is 7.35. The molecule has 0 aromatic heterocycles. The molecule has 0 unspecified atom stereocenters. The predicted octanol–water partition coefficient (Wildman–Crippen LogP) is 2.15. The van der Waals surface area contributed by atoms with Gasteiger partial charge in [0.05, 0.1) is 15.5 Å². The van der Waals surface area contributed by atoms with E-state index in [1.807, 2.05) is 7.05 Å². The van der Waals surface area contributed by atoms with E-state index in [2.05, 4.69) is 11.8 Å². The summed E-state index contributed by atoms with van der Waals surface area (Å²) in [6.45, 7) is 5.80. The number of benzene rings is 1. The smallest absolute Gasteiger partial charge is 0.255 e. The molecule has 144 valence electrons. The Kier molecular flexibility index (Phi) is 5.91. The van der Waals surface area contributed by atoms with E-state index in [0.29, 0.717) is 50.2 Å². The summed E-state index contributed by atoms with van der Waals surface area (Å²) in [5.74, 6) is 0.265. The van der Waals surface area contributed by atoms with Crippen molar-refractivity contribution in [3.8, 4) is 0 Å². The molecule has 0 bridgehead atoms. The van der Waals surface area contributed by atoms with Gasteiger partial charge in [-0.25, -0.2) is 8.42 Å². The number of piperazine rings is 1. The van der Waals surface area contributed by atoms with Gasteiger partial charge in [0, 0.05) is 39.3 Å². The molecule has 26 heavy (non-hydrogen) atoms. The lowest BCUT2D eigenvalue weighted by Gasteiger charge is -2.32. The Hall–Kier alpha value is -1.15. The van der Waals surface area contributed by atoms with Crippen LogP contribution < -0.4 is 0 Å². The molecule has 0 spiro atoms. The van der Waals surface area contributed by atoms with E-state index in [9.17, 15) is 13.2 Å². The summed E-state index contributed by atoms with van der Waals surface area (Å²) in [6, 6.07) is 4.45. The average Bonchev–Trinajstić information content (AvgIpc) is 2.62. The monoisotopic (exact) mass is 399 g/mol. The van der Waals surface area contributed by atoms with Crippen molar-refractivity contribution >= 4 is 27.5 Å². The second kappa shape index (κ2) is 7.84. The van der Waals surface area contributed by atoms with Crippen LogP contribution in [-0.2, 0) is 10.0 Å². The molecule has 2 saturated heterocycles. The van der Waals surface area contributed by atoms with Gasteiger partial charge in [-0.05, 0) is 44.0 Å². The quantitative estimate of drug-likeness (QED) is 0.781. The van der Waals surface area contributed by atoms with Crippen LogP contribution in [0.25, 0.3) is 0 Å². The molecule has 2 fully saturated rings. The van der Waals surface area contributed by atoms with Crippen molar-refractivity contribution < 1.29 is 13.2 Å². The topological polar surface area (TPSA) is 60.9 Å². The Balaban J connectivity index is 1.86. The van der Waals surface area contributed by atoms with E-state index in [4.69, 9.17) is 11.6 Å². The lowest BCUT2D eigenvalue weighted by molar-refractivity contribution is 0.0683. The zero-order valence-corrected chi connectivity index (χ0v) is 16.9. The third kappa shape index (κ3) is 4.06. The molecule has 0 saturated carbocycles. The summed E-state index contributed by atoms with van der Waals surface area (Å²) < 4.78 is 27.4. The van der Waals surface area contributed by atoms with Crippen molar-refractivity contribution in [2.45, 2.75) is 24.7 Å². The van der Waals surface area contributed by atoms with Crippen LogP contribution in [0, 0.1) is 5.92 Å². The van der Waals surface area contributed by atoms with Gasteiger partial charge in [0.25, 0.3) is 5.91 Å². The van der Waals surface area contributed by atoms with Crippen LogP contribution in [0.1, 0.15) is 30.1 Å². The van der Waals surface area contributed by atoms with Crippen molar-refractivity contribution in [3.63, 3.8) is 0 Å². The van der Waals surface area contributed by atoms with Gasteiger partial charge in [-0.2, -0.15) is 4.31 Å². The lowest BCUT2D eigenvalue weighted by atomic mass is 9.99. The molecule has 8 heteroatoms. The zero-order valence-electron chi connectivity index (χ0n) is 15.3. The van der Waals surface area contributed by atoms with E-state index in [1.54, 1.807) is 4.90 Å². The van der Waals surface area contributed by atoms with Crippen LogP contribution in [0.15, 0.2) is 23.1 Å². The lowest BCUT2D eigenvalue weighted by Crippen LogP contribution is -2.47. The fraction of sp³-hybridized carbons (Fsp3) is 0.611. The van der Waals surface area contributed by atoms with Crippen LogP contribution in [0.3, 0.4) is 0 Å². The van der Waals surface area contributed by atoms with E-state index in [0.717, 1.165) is 12.8 Å². The van der Waals surface area contributed by atoms with Crippen LogP contribution in [0.2, 0.25) is 5.02 Å². The summed E-state index contributed by atoms with van der Waals surface area (Å²) in [6.07, 6.45) is 2.07. The predicted molar refractivity (Wildman–Crippen MR) is 102 cm³/mol. The third-order valence-electron chi connectivity index (χ3n) is 5.21. The zero-order chi connectivity index (χ0) is 18.9. The maximum atomic E-state index is 12.9. The molecule has 1 aromatic rings. The molecule has 6 nitrogen and oxygen atoms in total. The minimum absolute atomic E-state index is 0.139. The van der Waals surface area contributed by atoms with Crippen LogP contribution in [-0.4, -0.2) is 74.7 Å². The first-order valence-corrected chi connectivity index (χ1v) is 10.9. The van der Waals surface area contributed by atoms with E-state index in [-0.39, 0.29) is 16.4 Å². The fourth-order valence-electron chi connectivity index (χ4n) is 3.55. The number of carbonyl (C=O) groups is 1. The molecular formula is C18H26ClN3O3S. The maximum absolute atomic E-state index is 12.9. The van der Waals surface area contributed by atoms with E-state index in [1.165, 1.54) is 22.5 Å². The van der Waals surface area contributed by atoms with Crippen molar-refractivity contribution in [2.24, 2.45) is 5.92 Å². The summed E-state index contributed by atoms with van der Waals surface area (Å²) >= 11 is 6.24. The molecule has 2 heterocycles. The van der Waals surface area contributed by atoms with E-state index < -0.39 is 10.0 Å². The molecule has 3 rings (SSSR count). The highest BCUT2D eigenvalue weighted by Crippen LogP contribution is 2.26. The molecule has 1 aromatic carbocycles. The van der Waals surface area contributed by atoms with Crippen molar-refractivity contribution in [1.29, 1.82) is 0 Å². The minimum atomic E-state index is -3.62. The van der Waals surface area contributed by atoms with Gasteiger partial charge in [0.15, 0.2) is 0 Å². The first-order chi connectivity index (χ1) is 12.3. The van der Waals surface area contributed by atoms with Gasteiger partial charge in [0.2, 0.25) is 10.0 Å². The Bertz CT molecular complexity index is 776. The summed E-state index contributed by atoms with van der Waals surface area (Å²) in [7, 11) is -1.65. The van der Waals surface area contributed by atoms with Crippen LogP contribution in [0.4, 0.5) is 0 Å². The van der Waals surface area contributed by atoms with Gasteiger partial charge in [-0.1, -0.05) is 18.5 Å². The fourth-order valence-corrected chi connectivity index (χ4v) is 5.20. The molecule has 2 aliphatic heterocycles. The first kappa shape index (κ1) is 19.6. The molecule has 0 aliphatic carbocycles. The van der Waals surface area contributed by atoms with Gasteiger partial charge in [-0.3, -0.25) is 4.79 Å². The number of likely N-dealkylation sites (tertiary alicyclic amines) is 1. The molecular weight excluding hydrogens is 374 g/mol. The largest absolute Gasteiger partial charge is 0.338 e. The number of hydrogen-bond donors (Lipinski definition) is 0. The number of amides is 1. The van der Waals surface area contributed by atoms with Crippen molar-refractivity contribution in [2.75, 3.05) is 46.3 Å². The summed E-state index contributed by atoms with van der Waals surface area (Å²) in [5, 5.41) is 0.297. The minimum Gasteiger partial charge on any atom is -0.338 e. The molecule has 0 radical (unpaired) electrons. The summed E-state index contributed by atoms with van der Waals surface area (Å²) in [4.78, 5) is 16.9. The van der Waals surface area contributed by atoms with Crippen LogP contribution in [0.5, 0.6) is 0 Å². The van der Waals surface area contributed by atoms with E-state index >= 15 is 0 Å². The number of rotatable bonds is 3. The Morgan fingerprint density at radius 2 is 1.85 bits per heavy atom. The maximum Gasteiger partial charge on any atom is 0.255 e. The Morgan fingerprint density at radius 1 is 1.15 bits per heavy atom. The Labute approximate surface area is 160 Å². The molecule has 0 N–H and O–H groups in total. The molecule has 1 atom stereocenters. The summed E-state index contributed by atoms with van der Waals surface area (Å²) in [5.41, 5.74) is 0.274. The van der Waals surface area contributed by atoms with Gasteiger partial charge < -0.3 is 9.80 Å². The highest BCUT2D eigenvalue weighted by atomic mass is 35.5.